The van der Waals surface area contributed by atoms with Gasteiger partial charge < -0.3 is 15.4 Å². The summed E-state index contributed by atoms with van der Waals surface area (Å²) in [5, 5.41) is 5.67. The molecule has 0 radical (unpaired) electrons. The molecule has 2 aliphatic heterocycles. The van der Waals surface area contributed by atoms with Gasteiger partial charge in [0.25, 0.3) is 5.91 Å². The Kier molecular flexibility index (Phi) is 6.13. The highest BCUT2D eigenvalue weighted by Crippen LogP contribution is 2.37. The van der Waals surface area contributed by atoms with Gasteiger partial charge in [0, 0.05) is 26.2 Å². The second-order valence-electron chi connectivity index (χ2n) is 7.56. The minimum Gasteiger partial charge on any atom is -0.379 e. The number of amides is 4. The molecule has 0 bridgehead atoms. The van der Waals surface area contributed by atoms with Crippen molar-refractivity contribution in [2.75, 3.05) is 45.9 Å². The highest BCUT2D eigenvalue weighted by atomic mass is 16.5. The zero-order valence-electron chi connectivity index (χ0n) is 15.6. The minimum absolute atomic E-state index is 0.202. The molecule has 1 aliphatic carbocycles. The number of urea groups is 1. The van der Waals surface area contributed by atoms with E-state index in [1.54, 1.807) is 0 Å². The monoisotopic (exact) mass is 366 g/mol. The minimum atomic E-state index is -0.781. The van der Waals surface area contributed by atoms with Gasteiger partial charge in [-0.3, -0.25) is 19.4 Å². The van der Waals surface area contributed by atoms with E-state index in [2.05, 4.69) is 22.5 Å². The van der Waals surface area contributed by atoms with Gasteiger partial charge in [-0.1, -0.05) is 13.3 Å². The van der Waals surface area contributed by atoms with E-state index in [-0.39, 0.29) is 18.4 Å². The van der Waals surface area contributed by atoms with Crippen molar-refractivity contribution in [2.24, 2.45) is 5.92 Å². The summed E-state index contributed by atoms with van der Waals surface area (Å²) in [7, 11) is 0. The van der Waals surface area contributed by atoms with Crippen molar-refractivity contribution in [1.29, 1.82) is 0 Å². The molecule has 3 aliphatic rings. The summed E-state index contributed by atoms with van der Waals surface area (Å²) in [6.07, 6.45) is 4.34. The number of morpholine rings is 1. The topological polar surface area (TPSA) is 91.0 Å². The number of hydrogen-bond donors (Lipinski definition) is 2. The van der Waals surface area contributed by atoms with Crippen molar-refractivity contribution in [3.63, 3.8) is 0 Å². The largest absolute Gasteiger partial charge is 0.379 e. The number of hydrogen-bond acceptors (Lipinski definition) is 5. The smallest absolute Gasteiger partial charge is 0.325 e. The Labute approximate surface area is 154 Å². The lowest BCUT2D eigenvalue weighted by molar-refractivity contribution is -0.136. The van der Waals surface area contributed by atoms with Gasteiger partial charge in [-0.2, -0.15) is 0 Å². The van der Waals surface area contributed by atoms with Crippen molar-refractivity contribution < 1.29 is 19.1 Å². The van der Waals surface area contributed by atoms with Crippen LogP contribution in [0.4, 0.5) is 4.79 Å². The van der Waals surface area contributed by atoms with E-state index in [9.17, 15) is 14.4 Å². The summed E-state index contributed by atoms with van der Waals surface area (Å²) >= 11 is 0. The molecular formula is C18H30N4O4. The zero-order valence-corrected chi connectivity index (χ0v) is 15.6. The molecule has 1 spiro atoms. The molecule has 1 saturated carbocycles. The zero-order chi connectivity index (χ0) is 18.6. The SMILES string of the molecule is CCC1CCC2(CC1)NC(=O)N(CC(=O)NCCN1CCOCC1)C2=O. The average Bonchev–Trinajstić information content (AvgIpc) is 2.87. The third-order valence-corrected chi connectivity index (χ3v) is 5.94. The molecular weight excluding hydrogens is 336 g/mol. The Morgan fingerprint density at radius 3 is 2.62 bits per heavy atom. The molecule has 2 saturated heterocycles. The predicted molar refractivity (Wildman–Crippen MR) is 95.5 cm³/mol. The Hall–Kier alpha value is -1.67. The molecule has 8 nitrogen and oxygen atoms in total. The normalized spacial score (nSPS) is 29.9. The van der Waals surface area contributed by atoms with Crippen molar-refractivity contribution in [2.45, 2.75) is 44.6 Å². The third kappa shape index (κ3) is 4.17. The molecule has 26 heavy (non-hydrogen) atoms. The maximum Gasteiger partial charge on any atom is 0.325 e. The van der Waals surface area contributed by atoms with Crippen LogP contribution in [0.15, 0.2) is 0 Å². The number of imide groups is 1. The molecule has 2 N–H and O–H groups in total. The van der Waals surface area contributed by atoms with Crippen LogP contribution in [-0.4, -0.2) is 79.1 Å². The van der Waals surface area contributed by atoms with Gasteiger partial charge in [0.05, 0.1) is 13.2 Å². The van der Waals surface area contributed by atoms with Crippen LogP contribution in [0.3, 0.4) is 0 Å². The fraction of sp³-hybridized carbons (Fsp3) is 0.833. The van der Waals surface area contributed by atoms with Crippen LogP contribution in [0.5, 0.6) is 0 Å². The summed E-state index contributed by atoms with van der Waals surface area (Å²) in [4.78, 5) is 40.5. The van der Waals surface area contributed by atoms with Gasteiger partial charge >= 0.3 is 6.03 Å². The van der Waals surface area contributed by atoms with E-state index in [4.69, 9.17) is 4.74 Å². The average molecular weight is 366 g/mol. The molecule has 3 fully saturated rings. The van der Waals surface area contributed by atoms with E-state index < -0.39 is 11.6 Å². The first-order valence-corrected chi connectivity index (χ1v) is 9.75. The Morgan fingerprint density at radius 1 is 1.27 bits per heavy atom. The standard InChI is InChI=1S/C18H30N4O4/c1-2-14-3-5-18(6-4-14)16(24)22(17(25)20-18)13-15(23)19-7-8-21-9-11-26-12-10-21/h14H,2-13H2,1H3,(H,19,23)(H,20,25). The number of nitrogens with one attached hydrogen (secondary N) is 2. The number of carbonyl (C=O) groups excluding carboxylic acids is 3. The summed E-state index contributed by atoms with van der Waals surface area (Å²) in [6.45, 7) is 6.38. The Balaban J connectivity index is 1.46. The van der Waals surface area contributed by atoms with Gasteiger partial charge in [0.1, 0.15) is 12.1 Å². The van der Waals surface area contributed by atoms with E-state index in [0.29, 0.717) is 25.3 Å². The quantitative estimate of drug-likeness (QED) is 0.661. The first-order chi connectivity index (χ1) is 12.5. The van der Waals surface area contributed by atoms with Gasteiger partial charge in [0.2, 0.25) is 5.91 Å². The van der Waals surface area contributed by atoms with Gasteiger partial charge in [-0.25, -0.2) is 4.79 Å². The molecule has 0 unspecified atom stereocenters. The molecule has 0 aromatic heterocycles. The van der Waals surface area contributed by atoms with Crippen LogP contribution in [0, 0.1) is 5.92 Å². The molecule has 146 valence electrons. The molecule has 4 amide bonds. The lowest BCUT2D eigenvalue weighted by Crippen LogP contribution is -2.50. The summed E-state index contributed by atoms with van der Waals surface area (Å²) in [5.74, 6) is 0.101. The van der Waals surface area contributed by atoms with Crippen molar-refractivity contribution in [1.82, 2.24) is 20.4 Å². The van der Waals surface area contributed by atoms with Crippen LogP contribution in [-0.2, 0) is 14.3 Å². The first-order valence-electron chi connectivity index (χ1n) is 9.75. The maximum atomic E-state index is 12.8. The highest BCUT2D eigenvalue weighted by Gasteiger charge is 2.52. The fourth-order valence-corrected chi connectivity index (χ4v) is 4.12. The number of carbonyl (C=O) groups is 3. The number of rotatable bonds is 6. The lowest BCUT2D eigenvalue weighted by Gasteiger charge is -2.34. The van der Waals surface area contributed by atoms with E-state index in [0.717, 1.165) is 57.0 Å². The van der Waals surface area contributed by atoms with Gasteiger partial charge in [0.15, 0.2) is 0 Å². The molecule has 0 aromatic carbocycles. The predicted octanol–water partition coefficient (Wildman–Crippen LogP) is 0.326. The van der Waals surface area contributed by atoms with E-state index >= 15 is 0 Å². The second kappa shape index (κ2) is 8.35. The Morgan fingerprint density at radius 2 is 1.96 bits per heavy atom. The van der Waals surface area contributed by atoms with Gasteiger partial charge in [-0.05, 0) is 31.6 Å². The molecule has 0 aromatic rings. The highest BCUT2D eigenvalue weighted by molar-refractivity contribution is 6.09. The van der Waals surface area contributed by atoms with Crippen LogP contribution in [0.2, 0.25) is 0 Å². The third-order valence-electron chi connectivity index (χ3n) is 5.94. The molecule has 0 atom stereocenters. The molecule has 3 rings (SSSR count). The lowest BCUT2D eigenvalue weighted by atomic mass is 9.75. The van der Waals surface area contributed by atoms with E-state index in [1.165, 1.54) is 0 Å². The van der Waals surface area contributed by atoms with Crippen LogP contribution in [0.1, 0.15) is 39.0 Å². The van der Waals surface area contributed by atoms with Crippen LogP contribution < -0.4 is 10.6 Å². The van der Waals surface area contributed by atoms with Crippen LogP contribution in [0.25, 0.3) is 0 Å². The van der Waals surface area contributed by atoms with Gasteiger partial charge in [-0.15, -0.1) is 0 Å². The molecule has 8 heteroatoms. The maximum absolute atomic E-state index is 12.8. The second-order valence-corrected chi connectivity index (χ2v) is 7.56. The summed E-state index contributed by atoms with van der Waals surface area (Å²) in [6, 6.07) is -0.437. The summed E-state index contributed by atoms with van der Waals surface area (Å²) in [5.41, 5.74) is -0.781. The Bertz CT molecular complexity index is 539. The number of nitrogens with zero attached hydrogens (tertiary/aromatic N) is 2. The first kappa shape index (κ1) is 19.1. The van der Waals surface area contributed by atoms with Crippen molar-refractivity contribution in [3.05, 3.63) is 0 Å². The van der Waals surface area contributed by atoms with Crippen LogP contribution >= 0.6 is 0 Å². The fourth-order valence-electron chi connectivity index (χ4n) is 4.12. The van der Waals surface area contributed by atoms with E-state index in [1.807, 2.05) is 0 Å². The van der Waals surface area contributed by atoms with Crippen molar-refractivity contribution >= 4 is 17.8 Å². The van der Waals surface area contributed by atoms with Crippen molar-refractivity contribution in [3.8, 4) is 0 Å². The summed E-state index contributed by atoms with van der Waals surface area (Å²) < 4.78 is 5.29. The molecule has 2 heterocycles. The number of ether oxygens (including phenoxy) is 1.